The predicted octanol–water partition coefficient (Wildman–Crippen LogP) is 5.51. The third kappa shape index (κ3) is 4.76. The van der Waals surface area contributed by atoms with Crippen LogP contribution in [0.2, 0.25) is 0 Å². The monoisotopic (exact) mass is 454 g/mol. The molecule has 6 nitrogen and oxygen atoms in total. The number of fused-ring (bicyclic) bond motifs is 2. The Hall–Kier alpha value is -3.80. The highest BCUT2D eigenvalue weighted by atomic mass is 16.2. The van der Waals surface area contributed by atoms with Gasteiger partial charge in [-0.05, 0) is 53.7 Å². The maximum Gasteiger partial charge on any atom is 0.253 e. The fourth-order valence-electron chi connectivity index (χ4n) is 3.99. The summed E-state index contributed by atoms with van der Waals surface area (Å²) >= 11 is 0. The highest BCUT2D eigenvalue weighted by Crippen LogP contribution is 2.34. The van der Waals surface area contributed by atoms with E-state index in [0.29, 0.717) is 33.3 Å². The van der Waals surface area contributed by atoms with Gasteiger partial charge < -0.3 is 10.6 Å². The number of amides is 2. The van der Waals surface area contributed by atoms with Gasteiger partial charge in [-0.25, -0.2) is 0 Å². The predicted molar refractivity (Wildman–Crippen MR) is 137 cm³/mol. The molecule has 6 heteroatoms. The minimum atomic E-state index is -0.438. The molecular weight excluding hydrogens is 424 g/mol. The van der Waals surface area contributed by atoms with Crippen LogP contribution in [0.5, 0.6) is 0 Å². The fraction of sp³-hybridized carbons (Fsp3) is 0.286. The van der Waals surface area contributed by atoms with Crippen molar-refractivity contribution in [2.75, 3.05) is 0 Å². The van der Waals surface area contributed by atoms with Gasteiger partial charge in [0, 0.05) is 45.4 Å². The van der Waals surface area contributed by atoms with Gasteiger partial charge in [0.2, 0.25) is 0 Å². The van der Waals surface area contributed by atoms with Gasteiger partial charge in [-0.1, -0.05) is 36.4 Å². The number of benzene rings is 2. The molecule has 2 amide bonds. The van der Waals surface area contributed by atoms with Gasteiger partial charge in [0.15, 0.2) is 0 Å². The Kier molecular flexibility index (Phi) is 5.86. The summed E-state index contributed by atoms with van der Waals surface area (Å²) in [5.41, 5.74) is 2.62. The van der Waals surface area contributed by atoms with Gasteiger partial charge in [-0.15, -0.1) is 0 Å². The number of hydrogen-bond donors (Lipinski definition) is 2. The zero-order valence-electron chi connectivity index (χ0n) is 20.5. The fourth-order valence-corrected chi connectivity index (χ4v) is 3.99. The third-order valence-electron chi connectivity index (χ3n) is 5.27. The first-order chi connectivity index (χ1) is 15.9. The Bertz CT molecular complexity index is 1300. The van der Waals surface area contributed by atoms with Crippen molar-refractivity contribution in [2.45, 2.75) is 52.6 Å². The van der Waals surface area contributed by atoms with Gasteiger partial charge in [-0.2, -0.15) is 0 Å². The number of nitrogens with one attached hydrogen (secondary N) is 2. The number of para-hydroxylation sites is 2. The molecule has 0 fully saturated rings. The minimum absolute atomic E-state index is 0.226. The summed E-state index contributed by atoms with van der Waals surface area (Å²) in [4.78, 5) is 36.4. The molecule has 2 N–H and O–H groups in total. The minimum Gasteiger partial charge on any atom is -0.347 e. The molecular formula is C28H30N4O2. The van der Waals surface area contributed by atoms with Crippen LogP contribution >= 0.6 is 0 Å². The second kappa shape index (κ2) is 8.52. The van der Waals surface area contributed by atoms with Gasteiger partial charge in [0.05, 0.1) is 22.2 Å². The normalized spacial score (nSPS) is 12.1. The Balaban J connectivity index is 2.05. The van der Waals surface area contributed by atoms with E-state index in [4.69, 9.17) is 0 Å². The number of pyridine rings is 2. The molecule has 2 aromatic carbocycles. The quantitative estimate of drug-likeness (QED) is 0.428. The maximum atomic E-state index is 13.6. The average Bonchev–Trinajstić information content (AvgIpc) is 2.75. The van der Waals surface area contributed by atoms with Crippen LogP contribution in [0.25, 0.3) is 32.9 Å². The molecule has 4 rings (SSSR count). The lowest BCUT2D eigenvalue weighted by molar-refractivity contribution is 0.0910. The van der Waals surface area contributed by atoms with Crippen molar-refractivity contribution < 1.29 is 9.59 Å². The van der Waals surface area contributed by atoms with E-state index in [-0.39, 0.29) is 11.8 Å². The summed E-state index contributed by atoms with van der Waals surface area (Å²) in [6.07, 6.45) is 3.33. The van der Waals surface area contributed by atoms with E-state index in [1.807, 2.05) is 90.1 Å². The van der Waals surface area contributed by atoms with Crippen LogP contribution < -0.4 is 10.6 Å². The largest absolute Gasteiger partial charge is 0.347 e. The summed E-state index contributed by atoms with van der Waals surface area (Å²) in [6.45, 7) is 11.6. The third-order valence-corrected chi connectivity index (χ3v) is 5.27. The molecule has 0 radical (unpaired) electrons. The van der Waals surface area contributed by atoms with Crippen molar-refractivity contribution in [3.05, 3.63) is 72.1 Å². The van der Waals surface area contributed by atoms with Crippen molar-refractivity contribution in [3.63, 3.8) is 0 Å². The summed E-state index contributed by atoms with van der Waals surface area (Å²) < 4.78 is 0. The van der Waals surface area contributed by atoms with Gasteiger partial charge in [0.1, 0.15) is 0 Å². The average molecular weight is 455 g/mol. The van der Waals surface area contributed by atoms with Crippen LogP contribution in [-0.2, 0) is 0 Å². The Morgan fingerprint density at radius 3 is 1.32 bits per heavy atom. The standard InChI is InChI=1S/C28H30N4O2/c1-27(2,3)31-25(33)23-17-11-7-9-13-21(17)29-15-19(23)20-16-30-22-14-10-8-12-18(22)24(20)26(34)32-28(4,5)6/h7-16H,1-6H3,(H,31,33)(H,32,34). The van der Waals surface area contributed by atoms with Crippen LogP contribution in [0, 0.1) is 0 Å². The molecule has 0 saturated heterocycles. The molecule has 34 heavy (non-hydrogen) atoms. The second-order valence-electron chi connectivity index (χ2n) is 10.5. The second-order valence-corrected chi connectivity index (χ2v) is 10.5. The lowest BCUT2D eigenvalue weighted by atomic mass is 9.91. The molecule has 4 aromatic rings. The number of nitrogens with zero attached hydrogens (tertiary/aromatic N) is 2. The van der Waals surface area contributed by atoms with E-state index in [1.165, 1.54) is 0 Å². The topological polar surface area (TPSA) is 84.0 Å². The summed E-state index contributed by atoms with van der Waals surface area (Å²) in [5.74, 6) is -0.451. The van der Waals surface area contributed by atoms with E-state index < -0.39 is 11.1 Å². The number of carbonyl (C=O) groups is 2. The molecule has 0 aliphatic heterocycles. The molecule has 2 heterocycles. The van der Waals surface area contributed by atoms with Crippen LogP contribution in [0.15, 0.2) is 60.9 Å². The molecule has 0 bridgehead atoms. The summed E-state index contributed by atoms with van der Waals surface area (Å²) in [5, 5.41) is 7.59. The molecule has 0 unspecified atom stereocenters. The number of aromatic nitrogens is 2. The van der Waals surface area contributed by atoms with Crippen molar-refractivity contribution in [1.82, 2.24) is 20.6 Å². The highest BCUT2D eigenvalue weighted by molar-refractivity contribution is 6.16. The van der Waals surface area contributed by atoms with E-state index in [0.717, 1.165) is 10.8 Å². The Morgan fingerprint density at radius 1 is 0.618 bits per heavy atom. The maximum absolute atomic E-state index is 13.6. The smallest absolute Gasteiger partial charge is 0.253 e. The van der Waals surface area contributed by atoms with Crippen molar-refractivity contribution in [3.8, 4) is 11.1 Å². The first-order valence-corrected chi connectivity index (χ1v) is 11.4. The van der Waals surface area contributed by atoms with E-state index in [9.17, 15) is 9.59 Å². The van der Waals surface area contributed by atoms with Gasteiger partial charge in [0.25, 0.3) is 11.8 Å². The number of carbonyl (C=O) groups excluding carboxylic acids is 2. The van der Waals surface area contributed by atoms with Crippen LogP contribution in [0.3, 0.4) is 0 Å². The zero-order valence-corrected chi connectivity index (χ0v) is 20.5. The number of hydrogen-bond acceptors (Lipinski definition) is 4. The van der Waals surface area contributed by atoms with Crippen molar-refractivity contribution in [2.24, 2.45) is 0 Å². The molecule has 2 aromatic heterocycles. The Labute approximate surface area is 199 Å². The molecule has 0 atom stereocenters. The van der Waals surface area contributed by atoms with E-state index in [1.54, 1.807) is 12.4 Å². The lowest BCUT2D eigenvalue weighted by Crippen LogP contribution is -2.41. The SMILES string of the molecule is CC(C)(C)NC(=O)c1c(-c2cnc3ccccc3c2C(=O)NC(C)(C)C)cnc2ccccc12. The van der Waals surface area contributed by atoms with Gasteiger partial charge in [-0.3, -0.25) is 19.6 Å². The van der Waals surface area contributed by atoms with E-state index >= 15 is 0 Å². The van der Waals surface area contributed by atoms with Crippen LogP contribution in [0.4, 0.5) is 0 Å². The first-order valence-electron chi connectivity index (χ1n) is 11.4. The zero-order chi connectivity index (χ0) is 24.7. The van der Waals surface area contributed by atoms with Crippen molar-refractivity contribution in [1.29, 1.82) is 0 Å². The molecule has 0 aliphatic carbocycles. The van der Waals surface area contributed by atoms with Crippen molar-refractivity contribution >= 4 is 33.6 Å². The van der Waals surface area contributed by atoms with E-state index in [2.05, 4.69) is 20.6 Å². The molecule has 0 aliphatic rings. The highest BCUT2D eigenvalue weighted by Gasteiger charge is 2.27. The Morgan fingerprint density at radius 2 is 0.971 bits per heavy atom. The molecule has 0 spiro atoms. The van der Waals surface area contributed by atoms with Crippen LogP contribution in [0.1, 0.15) is 62.3 Å². The lowest BCUT2D eigenvalue weighted by Gasteiger charge is -2.24. The summed E-state index contributed by atoms with van der Waals surface area (Å²) in [6, 6.07) is 15.1. The molecule has 174 valence electrons. The van der Waals surface area contributed by atoms with Gasteiger partial charge >= 0.3 is 0 Å². The summed E-state index contributed by atoms with van der Waals surface area (Å²) in [7, 11) is 0. The molecule has 0 saturated carbocycles. The number of rotatable bonds is 3. The van der Waals surface area contributed by atoms with Crippen LogP contribution in [-0.4, -0.2) is 32.9 Å². The first kappa shape index (κ1) is 23.4.